The molecule has 0 saturated carbocycles. The van der Waals surface area contributed by atoms with Gasteiger partial charge in [0, 0.05) is 15.5 Å². The lowest BCUT2D eigenvalue weighted by atomic mass is 10.2. The van der Waals surface area contributed by atoms with Gasteiger partial charge in [-0.2, -0.15) is 0 Å². The van der Waals surface area contributed by atoms with Crippen LogP contribution in [0.5, 0.6) is 0 Å². The van der Waals surface area contributed by atoms with Crippen LogP contribution in [0.1, 0.15) is 15.9 Å². The van der Waals surface area contributed by atoms with Crippen LogP contribution in [-0.2, 0) is 0 Å². The molecular formula is C14H13NO2S. The lowest BCUT2D eigenvalue weighted by Crippen LogP contribution is -2.01. The van der Waals surface area contributed by atoms with Gasteiger partial charge in [0.25, 0.3) is 0 Å². The Hall–Kier alpha value is -1.94. The highest BCUT2D eigenvalue weighted by Gasteiger charge is 2.14. The van der Waals surface area contributed by atoms with Gasteiger partial charge in [-0.25, -0.2) is 4.79 Å². The number of benzene rings is 2. The minimum Gasteiger partial charge on any atom is -0.478 e. The summed E-state index contributed by atoms with van der Waals surface area (Å²) in [5.74, 6) is -0.960. The number of hydrogen-bond acceptors (Lipinski definition) is 3. The van der Waals surface area contributed by atoms with Crippen LogP contribution in [0.25, 0.3) is 0 Å². The molecule has 0 atom stereocenters. The van der Waals surface area contributed by atoms with Crippen molar-refractivity contribution in [3.8, 4) is 0 Å². The number of nitrogen functional groups attached to an aromatic ring is 1. The summed E-state index contributed by atoms with van der Waals surface area (Å²) in [6.45, 7) is 1.99. The summed E-state index contributed by atoms with van der Waals surface area (Å²) in [5, 5.41) is 9.17. The van der Waals surface area contributed by atoms with Crippen LogP contribution in [-0.4, -0.2) is 11.1 Å². The van der Waals surface area contributed by atoms with Crippen molar-refractivity contribution in [1.29, 1.82) is 0 Å². The van der Waals surface area contributed by atoms with E-state index in [9.17, 15) is 4.79 Å². The standard InChI is InChI=1S/C14H13NO2S/c1-9-5-2-3-8-12(9)18-13-10(14(16)17)6-4-7-11(13)15/h2-8H,15H2,1H3,(H,16,17). The van der Waals surface area contributed by atoms with Crippen LogP contribution in [0, 0.1) is 6.92 Å². The molecule has 0 fully saturated rings. The Bertz CT molecular complexity index is 596. The number of aryl methyl sites for hydroxylation is 1. The molecule has 0 radical (unpaired) electrons. The molecule has 0 aliphatic rings. The molecule has 2 aromatic carbocycles. The predicted octanol–water partition coefficient (Wildman–Crippen LogP) is 3.43. The van der Waals surface area contributed by atoms with Crippen LogP contribution in [0.2, 0.25) is 0 Å². The molecule has 0 heterocycles. The minimum absolute atomic E-state index is 0.239. The van der Waals surface area contributed by atoms with Gasteiger partial charge in [-0.3, -0.25) is 0 Å². The predicted molar refractivity (Wildman–Crippen MR) is 73.1 cm³/mol. The fourth-order valence-corrected chi connectivity index (χ4v) is 2.66. The van der Waals surface area contributed by atoms with Gasteiger partial charge in [0.2, 0.25) is 0 Å². The van der Waals surface area contributed by atoms with E-state index in [1.165, 1.54) is 11.8 Å². The molecule has 0 unspecified atom stereocenters. The Morgan fingerprint density at radius 2 is 1.89 bits per heavy atom. The number of rotatable bonds is 3. The van der Waals surface area contributed by atoms with Crippen molar-refractivity contribution in [2.45, 2.75) is 16.7 Å². The molecule has 92 valence electrons. The zero-order valence-corrected chi connectivity index (χ0v) is 10.7. The van der Waals surface area contributed by atoms with Gasteiger partial charge >= 0.3 is 5.97 Å². The first-order valence-corrected chi connectivity index (χ1v) is 6.26. The molecule has 2 aromatic rings. The Balaban J connectivity index is 2.46. The molecule has 0 bridgehead atoms. The van der Waals surface area contributed by atoms with Gasteiger partial charge in [0.1, 0.15) is 0 Å². The van der Waals surface area contributed by atoms with Crippen molar-refractivity contribution in [2.75, 3.05) is 5.73 Å². The van der Waals surface area contributed by atoms with Crippen molar-refractivity contribution in [1.82, 2.24) is 0 Å². The van der Waals surface area contributed by atoms with Gasteiger partial charge in [-0.15, -0.1) is 0 Å². The van der Waals surface area contributed by atoms with Crippen LogP contribution in [0.3, 0.4) is 0 Å². The Labute approximate surface area is 110 Å². The molecule has 0 aromatic heterocycles. The first-order chi connectivity index (χ1) is 8.59. The van der Waals surface area contributed by atoms with Gasteiger partial charge in [-0.1, -0.05) is 36.0 Å². The van der Waals surface area contributed by atoms with E-state index in [1.54, 1.807) is 18.2 Å². The molecule has 0 aliphatic carbocycles. The minimum atomic E-state index is -0.960. The average molecular weight is 259 g/mol. The van der Waals surface area contributed by atoms with Gasteiger partial charge < -0.3 is 10.8 Å². The summed E-state index contributed by atoms with van der Waals surface area (Å²) in [6.07, 6.45) is 0. The normalized spacial score (nSPS) is 10.3. The van der Waals surface area contributed by atoms with Crippen LogP contribution >= 0.6 is 11.8 Å². The molecule has 0 amide bonds. The summed E-state index contributed by atoms with van der Waals surface area (Å²) in [7, 11) is 0. The van der Waals surface area contributed by atoms with Crippen molar-refractivity contribution < 1.29 is 9.90 Å². The average Bonchev–Trinajstić information content (AvgIpc) is 2.34. The van der Waals surface area contributed by atoms with Gasteiger partial charge in [0.05, 0.1) is 5.56 Å². The molecule has 3 N–H and O–H groups in total. The third-order valence-corrected chi connectivity index (χ3v) is 3.92. The molecular weight excluding hydrogens is 246 g/mol. The lowest BCUT2D eigenvalue weighted by Gasteiger charge is -2.10. The number of nitrogens with two attached hydrogens (primary N) is 1. The highest BCUT2D eigenvalue weighted by molar-refractivity contribution is 7.99. The summed E-state index contributed by atoms with van der Waals surface area (Å²) in [5.41, 5.74) is 7.70. The molecule has 0 spiro atoms. The molecule has 3 nitrogen and oxygen atoms in total. The van der Waals surface area contributed by atoms with Crippen molar-refractivity contribution in [3.05, 3.63) is 53.6 Å². The maximum atomic E-state index is 11.2. The van der Waals surface area contributed by atoms with E-state index in [2.05, 4.69) is 0 Å². The Morgan fingerprint density at radius 1 is 1.17 bits per heavy atom. The van der Waals surface area contributed by atoms with E-state index in [0.29, 0.717) is 10.6 Å². The van der Waals surface area contributed by atoms with E-state index in [4.69, 9.17) is 10.8 Å². The highest BCUT2D eigenvalue weighted by atomic mass is 32.2. The zero-order valence-electron chi connectivity index (χ0n) is 9.88. The van der Waals surface area contributed by atoms with Crippen LogP contribution in [0.4, 0.5) is 5.69 Å². The first kappa shape index (κ1) is 12.5. The van der Waals surface area contributed by atoms with Crippen molar-refractivity contribution in [2.24, 2.45) is 0 Å². The maximum Gasteiger partial charge on any atom is 0.336 e. The molecule has 0 saturated heterocycles. The first-order valence-electron chi connectivity index (χ1n) is 5.45. The number of hydrogen-bond donors (Lipinski definition) is 2. The third kappa shape index (κ3) is 2.49. The highest BCUT2D eigenvalue weighted by Crippen LogP contribution is 2.36. The Kier molecular flexibility index (Phi) is 3.58. The van der Waals surface area contributed by atoms with Crippen molar-refractivity contribution >= 4 is 23.4 Å². The smallest absolute Gasteiger partial charge is 0.336 e. The lowest BCUT2D eigenvalue weighted by molar-refractivity contribution is 0.0693. The SMILES string of the molecule is Cc1ccccc1Sc1c(N)cccc1C(=O)O. The third-order valence-electron chi connectivity index (χ3n) is 2.58. The van der Waals surface area contributed by atoms with Gasteiger partial charge in [-0.05, 0) is 30.7 Å². The van der Waals surface area contributed by atoms with E-state index in [0.717, 1.165) is 10.5 Å². The monoisotopic (exact) mass is 259 g/mol. The molecule has 2 rings (SSSR count). The number of anilines is 1. The second-order valence-electron chi connectivity index (χ2n) is 3.90. The number of carboxylic acids is 1. The molecule has 4 heteroatoms. The number of carboxylic acid groups (broad SMARTS) is 1. The summed E-state index contributed by atoms with van der Waals surface area (Å²) in [4.78, 5) is 12.8. The maximum absolute atomic E-state index is 11.2. The summed E-state index contributed by atoms with van der Waals surface area (Å²) < 4.78 is 0. The zero-order chi connectivity index (χ0) is 13.1. The van der Waals surface area contributed by atoms with Crippen molar-refractivity contribution in [3.63, 3.8) is 0 Å². The van der Waals surface area contributed by atoms with E-state index < -0.39 is 5.97 Å². The van der Waals surface area contributed by atoms with Gasteiger partial charge in [0.15, 0.2) is 0 Å². The number of carbonyl (C=O) groups is 1. The summed E-state index contributed by atoms with van der Waals surface area (Å²) >= 11 is 1.39. The topological polar surface area (TPSA) is 63.3 Å². The van der Waals surface area contributed by atoms with Crippen LogP contribution < -0.4 is 5.73 Å². The molecule has 18 heavy (non-hydrogen) atoms. The fraction of sp³-hybridized carbons (Fsp3) is 0.0714. The van der Waals surface area contributed by atoms with E-state index in [1.807, 2.05) is 31.2 Å². The fourth-order valence-electron chi connectivity index (χ4n) is 1.62. The van der Waals surface area contributed by atoms with Crippen LogP contribution in [0.15, 0.2) is 52.3 Å². The second kappa shape index (κ2) is 5.14. The quantitative estimate of drug-likeness (QED) is 0.829. The molecule has 0 aliphatic heterocycles. The second-order valence-corrected chi connectivity index (χ2v) is 4.95. The van der Waals surface area contributed by atoms with E-state index in [-0.39, 0.29) is 5.56 Å². The largest absolute Gasteiger partial charge is 0.478 e. The van der Waals surface area contributed by atoms with E-state index >= 15 is 0 Å². The Morgan fingerprint density at radius 3 is 2.56 bits per heavy atom. The number of aromatic carboxylic acids is 1. The summed E-state index contributed by atoms with van der Waals surface area (Å²) in [6, 6.07) is 12.8.